The zero-order valence-corrected chi connectivity index (χ0v) is 13.1. The normalized spacial score (nSPS) is 25.7. The van der Waals surface area contributed by atoms with E-state index in [2.05, 4.69) is 24.0 Å². The van der Waals surface area contributed by atoms with Crippen molar-refractivity contribution in [1.29, 1.82) is 0 Å². The van der Waals surface area contributed by atoms with Crippen LogP contribution in [-0.2, 0) is 15.9 Å². The van der Waals surface area contributed by atoms with Gasteiger partial charge < -0.3 is 0 Å². The number of hydrogen-bond acceptors (Lipinski definition) is 3. The van der Waals surface area contributed by atoms with E-state index in [0.717, 1.165) is 6.42 Å². The molecule has 2 rings (SSSR count). The second-order valence-electron chi connectivity index (χ2n) is 5.36. The van der Waals surface area contributed by atoms with Crippen LogP contribution in [0.4, 0.5) is 0 Å². The van der Waals surface area contributed by atoms with Crippen molar-refractivity contribution >= 4 is 21.6 Å². The van der Waals surface area contributed by atoms with Crippen LogP contribution in [0.15, 0.2) is 4.90 Å². The fourth-order valence-electron chi connectivity index (χ4n) is 2.47. The smallest absolute Gasteiger partial charge is 0.246 e. The Morgan fingerprint density at radius 3 is 2.68 bits per heavy atom. The van der Waals surface area contributed by atoms with Gasteiger partial charge in [-0.05, 0) is 25.2 Å². The number of rotatable bonds is 3. The van der Waals surface area contributed by atoms with Gasteiger partial charge in [-0.2, -0.15) is 9.40 Å². The quantitative estimate of drug-likeness (QED) is 0.870. The van der Waals surface area contributed by atoms with E-state index in [0.29, 0.717) is 36.3 Å². The van der Waals surface area contributed by atoms with Crippen LogP contribution in [0.2, 0.25) is 0 Å². The molecule has 108 valence electrons. The molecule has 0 radical (unpaired) electrons. The average molecular weight is 306 g/mol. The number of nitrogens with zero attached hydrogens (tertiary/aromatic N) is 2. The number of nitrogens with one attached hydrogen (secondary N) is 1. The van der Waals surface area contributed by atoms with Crippen LogP contribution in [-0.4, -0.2) is 36.0 Å². The average Bonchev–Trinajstić information content (AvgIpc) is 2.74. The van der Waals surface area contributed by atoms with Gasteiger partial charge in [0.15, 0.2) is 0 Å². The molecule has 1 aromatic rings. The molecule has 0 saturated carbocycles. The van der Waals surface area contributed by atoms with E-state index in [4.69, 9.17) is 11.6 Å². The molecule has 19 heavy (non-hydrogen) atoms. The lowest BCUT2D eigenvalue weighted by molar-refractivity contribution is 0.212. The van der Waals surface area contributed by atoms with Gasteiger partial charge in [0, 0.05) is 13.1 Å². The van der Waals surface area contributed by atoms with E-state index in [1.807, 2.05) is 0 Å². The van der Waals surface area contributed by atoms with Gasteiger partial charge >= 0.3 is 0 Å². The van der Waals surface area contributed by atoms with Crippen molar-refractivity contribution in [1.82, 2.24) is 14.5 Å². The summed E-state index contributed by atoms with van der Waals surface area (Å²) in [4.78, 5) is 0.254. The minimum atomic E-state index is -3.49. The first-order chi connectivity index (χ1) is 8.87. The Labute approximate surface area is 119 Å². The molecule has 1 aromatic heterocycles. The molecule has 2 heterocycles. The largest absolute Gasteiger partial charge is 0.281 e. The number of aromatic amines is 1. The standard InChI is InChI=1S/C12H20ClN3O2S/c1-8-4-5-16(7-9(8)2)19(17,18)12-10(3)14-15-11(12)6-13/h8-9H,4-7H2,1-3H3,(H,14,15). The van der Waals surface area contributed by atoms with Gasteiger partial charge in [0.1, 0.15) is 4.90 Å². The fraction of sp³-hybridized carbons (Fsp3) is 0.750. The van der Waals surface area contributed by atoms with Crippen molar-refractivity contribution in [2.75, 3.05) is 13.1 Å². The lowest BCUT2D eigenvalue weighted by Gasteiger charge is -2.34. The van der Waals surface area contributed by atoms with Crippen LogP contribution in [0.1, 0.15) is 31.7 Å². The van der Waals surface area contributed by atoms with Gasteiger partial charge in [0.25, 0.3) is 0 Å². The Balaban J connectivity index is 2.35. The Hall–Kier alpha value is -0.590. The summed E-state index contributed by atoms with van der Waals surface area (Å²) in [6, 6.07) is 0. The number of H-pyrrole nitrogens is 1. The highest BCUT2D eigenvalue weighted by atomic mass is 35.5. The lowest BCUT2D eigenvalue weighted by Crippen LogP contribution is -2.42. The van der Waals surface area contributed by atoms with Gasteiger partial charge in [0.2, 0.25) is 10.0 Å². The van der Waals surface area contributed by atoms with E-state index < -0.39 is 10.0 Å². The zero-order chi connectivity index (χ0) is 14.2. The molecule has 1 fully saturated rings. The van der Waals surface area contributed by atoms with Crippen LogP contribution < -0.4 is 0 Å². The number of aryl methyl sites for hydroxylation is 1. The second-order valence-corrected chi connectivity index (χ2v) is 7.51. The van der Waals surface area contributed by atoms with Crippen molar-refractivity contribution in [2.24, 2.45) is 11.8 Å². The van der Waals surface area contributed by atoms with Gasteiger partial charge in [-0.3, -0.25) is 5.10 Å². The summed E-state index contributed by atoms with van der Waals surface area (Å²) >= 11 is 5.78. The highest BCUT2D eigenvalue weighted by Crippen LogP contribution is 2.29. The SMILES string of the molecule is Cc1[nH]nc(CCl)c1S(=O)(=O)N1CCC(C)C(C)C1. The first kappa shape index (κ1) is 14.8. The molecule has 7 heteroatoms. The predicted octanol–water partition coefficient (Wildman–Crippen LogP) is 2.12. The summed E-state index contributed by atoms with van der Waals surface area (Å²) in [7, 11) is -3.49. The Morgan fingerprint density at radius 1 is 1.42 bits per heavy atom. The number of hydrogen-bond donors (Lipinski definition) is 1. The molecule has 5 nitrogen and oxygen atoms in total. The van der Waals surface area contributed by atoms with Gasteiger partial charge in [-0.15, -0.1) is 11.6 Å². The summed E-state index contributed by atoms with van der Waals surface area (Å²) in [5.41, 5.74) is 0.965. The molecule has 1 aliphatic heterocycles. The molecule has 0 aliphatic carbocycles. The summed E-state index contributed by atoms with van der Waals surface area (Å²) in [5.74, 6) is 1.03. The third-order valence-corrected chi connectivity index (χ3v) is 6.30. The van der Waals surface area contributed by atoms with Crippen LogP contribution in [0.3, 0.4) is 0 Å². The molecule has 0 aromatic carbocycles. The van der Waals surface area contributed by atoms with E-state index in [-0.39, 0.29) is 10.8 Å². The highest BCUT2D eigenvalue weighted by Gasteiger charge is 2.35. The van der Waals surface area contributed by atoms with E-state index in [1.165, 1.54) is 0 Å². The van der Waals surface area contributed by atoms with Crippen LogP contribution in [0.5, 0.6) is 0 Å². The Bertz CT molecular complexity index is 555. The number of aromatic nitrogens is 2. The van der Waals surface area contributed by atoms with Gasteiger partial charge in [0.05, 0.1) is 17.3 Å². The van der Waals surface area contributed by atoms with Crippen LogP contribution in [0, 0.1) is 18.8 Å². The maximum Gasteiger partial charge on any atom is 0.246 e. The molecule has 0 spiro atoms. The van der Waals surface area contributed by atoms with Crippen molar-refractivity contribution in [3.8, 4) is 0 Å². The fourth-order valence-corrected chi connectivity index (χ4v) is 4.63. The van der Waals surface area contributed by atoms with Crippen molar-refractivity contribution in [2.45, 2.75) is 38.0 Å². The number of halogens is 1. The zero-order valence-electron chi connectivity index (χ0n) is 11.5. The first-order valence-electron chi connectivity index (χ1n) is 6.48. The predicted molar refractivity (Wildman–Crippen MR) is 74.6 cm³/mol. The molecule has 1 aliphatic rings. The molecule has 1 saturated heterocycles. The Kier molecular flexibility index (Phi) is 4.23. The molecule has 1 N–H and O–H groups in total. The second kappa shape index (κ2) is 5.42. The van der Waals surface area contributed by atoms with E-state index >= 15 is 0 Å². The minimum Gasteiger partial charge on any atom is -0.281 e. The summed E-state index contributed by atoms with van der Waals surface area (Å²) in [6.07, 6.45) is 0.896. The number of sulfonamides is 1. The summed E-state index contributed by atoms with van der Waals surface area (Å²) < 4.78 is 27.0. The van der Waals surface area contributed by atoms with E-state index in [1.54, 1.807) is 11.2 Å². The molecular weight excluding hydrogens is 286 g/mol. The van der Waals surface area contributed by atoms with Gasteiger partial charge in [-0.1, -0.05) is 13.8 Å². The number of alkyl halides is 1. The maximum atomic E-state index is 12.7. The van der Waals surface area contributed by atoms with Crippen molar-refractivity contribution < 1.29 is 8.42 Å². The molecule has 2 unspecified atom stereocenters. The topological polar surface area (TPSA) is 66.1 Å². The summed E-state index contributed by atoms with van der Waals surface area (Å²) in [6.45, 7) is 7.11. The highest BCUT2D eigenvalue weighted by molar-refractivity contribution is 7.89. The minimum absolute atomic E-state index is 0.0959. The summed E-state index contributed by atoms with van der Waals surface area (Å²) in [5, 5.41) is 6.68. The lowest BCUT2D eigenvalue weighted by atomic mass is 9.90. The maximum absolute atomic E-state index is 12.7. The first-order valence-corrected chi connectivity index (χ1v) is 8.45. The van der Waals surface area contributed by atoms with Crippen LogP contribution >= 0.6 is 11.6 Å². The van der Waals surface area contributed by atoms with Crippen LogP contribution in [0.25, 0.3) is 0 Å². The molecule has 0 amide bonds. The third-order valence-electron chi connectivity index (χ3n) is 3.98. The van der Waals surface area contributed by atoms with E-state index in [9.17, 15) is 8.42 Å². The monoisotopic (exact) mass is 305 g/mol. The third kappa shape index (κ3) is 2.66. The van der Waals surface area contributed by atoms with Crippen molar-refractivity contribution in [3.63, 3.8) is 0 Å². The number of piperidine rings is 1. The molecule has 2 atom stereocenters. The van der Waals surface area contributed by atoms with Gasteiger partial charge in [-0.25, -0.2) is 8.42 Å². The molecule has 0 bridgehead atoms. The molecular formula is C12H20ClN3O2S. The Morgan fingerprint density at radius 2 is 2.11 bits per heavy atom. The van der Waals surface area contributed by atoms with Crippen molar-refractivity contribution in [3.05, 3.63) is 11.4 Å².